The van der Waals surface area contributed by atoms with E-state index in [1.54, 1.807) is 13.8 Å². The highest BCUT2D eigenvalue weighted by Gasteiger charge is 2.29. The monoisotopic (exact) mass is 303 g/mol. The van der Waals surface area contributed by atoms with Crippen molar-refractivity contribution in [2.75, 3.05) is 0 Å². The summed E-state index contributed by atoms with van der Waals surface area (Å²) in [7, 11) is -1.43. The van der Waals surface area contributed by atoms with Crippen LogP contribution in [0.1, 0.15) is 45.3 Å². The molecule has 0 saturated heterocycles. The highest BCUT2D eigenvalue weighted by Crippen LogP contribution is 2.25. The summed E-state index contributed by atoms with van der Waals surface area (Å²) in [5.74, 6) is -0.933. The first-order valence-electron chi connectivity index (χ1n) is 6.17. The first kappa shape index (κ1) is 16.3. The molecule has 6 heteroatoms. The van der Waals surface area contributed by atoms with Crippen molar-refractivity contribution >= 4 is 28.1 Å². The van der Waals surface area contributed by atoms with Gasteiger partial charge in [0, 0.05) is 21.6 Å². The van der Waals surface area contributed by atoms with Gasteiger partial charge in [-0.2, -0.15) is 0 Å². The van der Waals surface area contributed by atoms with Crippen LogP contribution in [0, 0.1) is 5.92 Å². The average molecular weight is 303 g/mol. The molecule has 108 valence electrons. The molecule has 0 amide bonds. The maximum atomic E-state index is 12.2. The molecule has 0 spiro atoms. The second-order valence-electron chi connectivity index (χ2n) is 5.90. The number of thiazole rings is 1. The minimum atomic E-state index is -1.43. The van der Waals surface area contributed by atoms with Crippen LogP contribution in [0.15, 0.2) is 5.38 Å². The topological polar surface area (TPSA) is 67.3 Å². The second kappa shape index (κ2) is 6.13. The van der Waals surface area contributed by atoms with Crippen LogP contribution in [0.5, 0.6) is 0 Å². The Balaban J connectivity index is 2.82. The smallest absolute Gasteiger partial charge is 0.319 e. The van der Waals surface area contributed by atoms with Crippen molar-refractivity contribution < 1.29 is 14.1 Å². The Hall–Kier alpha value is -0.750. The van der Waals surface area contributed by atoms with E-state index in [-0.39, 0.29) is 17.1 Å². The molecular formula is C13H21NO3S2. The summed E-state index contributed by atoms with van der Waals surface area (Å²) < 4.78 is 12.2. The van der Waals surface area contributed by atoms with Crippen LogP contribution >= 0.6 is 11.3 Å². The number of hydrogen-bond donors (Lipinski definition) is 1. The molecule has 0 aliphatic rings. The number of rotatable bonds is 5. The van der Waals surface area contributed by atoms with Gasteiger partial charge in [-0.15, -0.1) is 11.3 Å². The van der Waals surface area contributed by atoms with Crippen molar-refractivity contribution in [3.8, 4) is 0 Å². The Morgan fingerprint density at radius 2 is 2.05 bits per heavy atom. The van der Waals surface area contributed by atoms with Gasteiger partial charge in [-0.05, 0) is 5.92 Å². The SMILES string of the molecule is CC(C)C(C(=O)O)S(=O)Cc1nc(C(C)(C)C)cs1. The molecule has 2 unspecified atom stereocenters. The Kier molecular flexibility index (Phi) is 5.26. The summed E-state index contributed by atoms with van der Waals surface area (Å²) in [6.45, 7) is 9.75. The lowest BCUT2D eigenvalue weighted by molar-refractivity contribution is -0.137. The van der Waals surface area contributed by atoms with E-state index in [0.29, 0.717) is 0 Å². The van der Waals surface area contributed by atoms with Gasteiger partial charge < -0.3 is 5.11 Å². The van der Waals surface area contributed by atoms with Crippen molar-refractivity contribution in [2.45, 2.75) is 51.0 Å². The fourth-order valence-corrected chi connectivity index (χ4v) is 4.38. The molecule has 19 heavy (non-hydrogen) atoms. The quantitative estimate of drug-likeness (QED) is 0.908. The Bertz CT molecular complexity index is 474. The molecule has 4 nitrogen and oxygen atoms in total. The van der Waals surface area contributed by atoms with Crippen molar-refractivity contribution in [2.24, 2.45) is 5.92 Å². The number of carboxylic acids is 1. The third kappa shape index (κ3) is 4.38. The standard InChI is InChI=1S/C13H21NO3S2/c1-8(2)11(12(15)16)19(17)7-10-14-9(6-18-10)13(3,4)5/h6,8,11H,7H2,1-5H3,(H,15,16). The van der Waals surface area contributed by atoms with Gasteiger partial charge in [-0.3, -0.25) is 9.00 Å². The minimum Gasteiger partial charge on any atom is -0.480 e. The van der Waals surface area contributed by atoms with Gasteiger partial charge in [0.05, 0.1) is 11.4 Å². The number of aliphatic carboxylic acids is 1. The molecule has 0 aliphatic carbocycles. The Labute approximate surface area is 120 Å². The van der Waals surface area contributed by atoms with E-state index in [1.165, 1.54) is 11.3 Å². The van der Waals surface area contributed by atoms with Crippen LogP contribution < -0.4 is 0 Å². The van der Waals surface area contributed by atoms with Crippen molar-refractivity contribution in [3.05, 3.63) is 16.1 Å². The number of carbonyl (C=O) groups is 1. The largest absolute Gasteiger partial charge is 0.480 e. The normalized spacial score (nSPS) is 15.5. The predicted molar refractivity (Wildman–Crippen MR) is 78.9 cm³/mol. The lowest BCUT2D eigenvalue weighted by Gasteiger charge is -2.15. The summed E-state index contributed by atoms with van der Waals surface area (Å²) in [6, 6.07) is 0. The van der Waals surface area contributed by atoms with Crippen LogP contribution in [0.3, 0.4) is 0 Å². The molecule has 1 N–H and O–H groups in total. The van der Waals surface area contributed by atoms with E-state index in [0.717, 1.165) is 10.7 Å². The van der Waals surface area contributed by atoms with E-state index >= 15 is 0 Å². The first-order valence-corrected chi connectivity index (χ1v) is 8.44. The van der Waals surface area contributed by atoms with Crippen LogP contribution in [-0.4, -0.2) is 25.5 Å². The molecule has 1 rings (SSSR count). The predicted octanol–water partition coefficient (Wildman–Crippen LogP) is 2.80. The molecule has 1 aromatic heterocycles. The van der Waals surface area contributed by atoms with E-state index in [4.69, 9.17) is 5.11 Å². The van der Waals surface area contributed by atoms with Gasteiger partial charge in [0.25, 0.3) is 0 Å². The summed E-state index contributed by atoms with van der Waals surface area (Å²) in [5, 5.41) is 11.0. The molecule has 0 saturated carbocycles. The third-order valence-electron chi connectivity index (χ3n) is 2.72. The zero-order valence-electron chi connectivity index (χ0n) is 12.0. The molecule has 0 aliphatic heterocycles. The lowest BCUT2D eigenvalue weighted by atomic mass is 9.93. The van der Waals surface area contributed by atoms with Crippen LogP contribution in [0.25, 0.3) is 0 Å². The van der Waals surface area contributed by atoms with Gasteiger partial charge in [0.1, 0.15) is 10.3 Å². The van der Waals surface area contributed by atoms with Gasteiger partial charge in [0.2, 0.25) is 0 Å². The Morgan fingerprint density at radius 1 is 1.47 bits per heavy atom. The highest BCUT2D eigenvalue weighted by molar-refractivity contribution is 7.85. The van der Waals surface area contributed by atoms with Gasteiger partial charge in [-0.25, -0.2) is 4.98 Å². The molecule has 0 radical (unpaired) electrons. The number of hydrogen-bond acceptors (Lipinski definition) is 4. The second-order valence-corrected chi connectivity index (χ2v) is 8.41. The molecule has 0 aromatic carbocycles. The minimum absolute atomic E-state index is 0.0412. The number of aromatic nitrogens is 1. The first-order chi connectivity index (χ1) is 8.62. The zero-order chi connectivity index (χ0) is 14.8. The van der Waals surface area contributed by atoms with E-state index in [2.05, 4.69) is 25.8 Å². The zero-order valence-corrected chi connectivity index (χ0v) is 13.6. The van der Waals surface area contributed by atoms with Gasteiger partial charge in [-0.1, -0.05) is 34.6 Å². The molecule has 0 bridgehead atoms. The fraction of sp³-hybridized carbons (Fsp3) is 0.692. The van der Waals surface area contributed by atoms with E-state index in [9.17, 15) is 9.00 Å². The van der Waals surface area contributed by atoms with Crippen molar-refractivity contribution in [3.63, 3.8) is 0 Å². The highest BCUT2D eigenvalue weighted by atomic mass is 32.2. The van der Waals surface area contributed by atoms with E-state index < -0.39 is 22.0 Å². The fourth-order valence-electron chi connectivity index (χ4n) is 1.63. The molecule has 2 atom stereocenters. The number of nitrogens with zero attached hydrogens (tertiary/aromatic N) is 1. The average Bonchev–Trinajstić information content (AvgIpc) is 2.63. The van der Waals surface area contributed by atoms with Gasteiger partial charge >= 0.3 is 5.97 Å². The number of carboxylic acid groups (broad SMARTS) is 1. The van der Waals surface area contributed by atoms with E-state index in [1.807, 2.05) is 5.38 Å². The maximum Gasteiger partial charge on any atom is 0.319 e. The Morgan fingerprint density at radius 3 is 2.42 bits per heavy atom. The van der Waals surface area contributed by atoms with Crippen molar-refractivity contribution in [1.82, 2.24) is 4.98 Å². The van der Waals surface area contributed by atoms with Gasteiger partial charge in [0.15, 0.2) is 0 Å². The van der Waals surface area contributed by atoms with Crippen LogP contribution in [-0.2, 0) is 26.8 Å². The lowest BCUT2D eigenvalue weighted by Crippen LogP contribution is -2.31. The molecule has 1 heterocycles. The van der Waals surface area contributed by atoms with Crippen LogP contribution in [0.4, 0.5) is 0 Å². The molecular weight excluding hydrogens is 282 g/mol. The van der Waals surface area contributed by atoms with Crippen molar-refractivity contribution in [1.29, 1.82) is 0 Å². The summed E-state index contributed by atoms with van der Waals surface area (Å²) in [5.41, 5.74) is 0.918. The van der Waals surface area contributed by atoms with Crippen LogP contribution in [0.2, 0.25) is 0 Å². The molecule has 1 aromatic rings. The summed E-state index contributed by atoms with van der Waals surface area (Å²) >= 11 is 1.45. The third-order valence-corrected chi connectivity index (χ3v) is 5.62. The summed E-state index contributed by atoms with van der Waals surface area (Å²) in [4.78, 5) is 15.6. The maximum absolute atomic E-state index is 12.2. The summed E-state index contributed by atoms with van der Waals surface area (Å²) in [6.07, 6.45) is 0. The molecule has 0 fully saturated rings.